The van der Waals surface area contributed by atoms with E-state index in [9.17, 15) is 9.59 Å². The number of nitrogens with two attached hydrogens (primary N) is 1. The molecule has 1 aliphatic heterocycles. The van der Waals surface area contributed by atoms with Gasteiger partial charge in [-0.15, -0.1) is 24.0 Å². The number of unbranched alkanes of at least 4 members (excludes halogenated alkanes) is 5. The Hall–Kier alpha value is -1.06. The van der Waals surface area contributed by atoms with Crippen LogP contribution in [0.5, 0.6) is 0 Å². The summed E-state index contributed by atoms with van der Waals surface area (Å²) in [5, 5.41) is 5.38. The highest BCUT2D eigenvalue weighted by Crippen LogP contribution is 2.04. The van der Waals surface area contributed by atoms with Gasteiger partial charge in [0.15, 0.2) is 5.96 Å². The van der Waals surface area contributed by atoms with Crippen molar-refractivity contribution in [3.8, 4) is 0 Å². The predicted octanol–water partition coefficient (Wildman–Crippen LogP) is 1.42. The van der Waals surface area contributed by atoms with Gasteiger partial charge in [-0.25, -0.2) is 4.79 Å². The second-order valence-electron chi connectivity index (χ2n) is 5.17. The highest BCUT2D eigenvalue weighted by Gasteiger charge is 2.27. The average Bonchev–Trinajstić information content (AvgIpc) is 2.78. The lowest BCUT2D eigenvalue weighted by Gasteiger charge is -2.12. The summed E-state index contributed by atoms with van der Waals surface area (Å²) < 4.78 is 0. The molecule has 4 N–H and O–H groups in total. The lowest BCUT2D eigenvalue weighted by atomic mass is 10.1. The number of amides is 3. The minimum atomic E-state index is -0.343. The molecule has 0 aromatic rings. The van der Waals surface area contributed by atoms with E-state index in [1.54, 1.807) is 0 Å². The molecule has 22 heavy (non-hydrogen) atoms. The number of urea groups is 1. The number of imide groups is 1. The minimum Gasteiger partial charge on any atom is -0.370 e. The topological polar surface area (TPSA) is 99.8 Å². The van der Waals surface area contributed by atoms with Crippen LogP contribution in [-0.4, -0.2) is 49.0 Å². The Morgan fingerprint density at radius 3 is 2.59 bits per heavy atom. The summed E-state index contributed by atoms with van der Waals surface area (Å²) in [6.45, 7) is 3.73. The van der Waals surface area contributed by atoms with E-state index in [1.807, 2.05) is 0 Å². The summed E-state index contributed by atoms with van der Waals surface area (Å²) in [4.78, 5) is 28.0. The number of nitrogens with one attached hydrogen (secondary N) is 2. The third-order valence-electron chi connectivity index (χ3n) is 3.37. The Bertz CT molecular complexity index is 360. The van der Waals surface area contributed by atoms with Crippen molar-refractivity contribution in [1.29, 1.82) is 0 Å². The van der Waals surface area contributed by atoms with Crippen LogP contribution in [0.25, 0.3) is 0 Å². The fourth-order valence-electron chi connectivity index (χ4n) is 2.12. The smallest absolute Gasteiger partial charge is 0.324 e. The molecule has 1 fully saturated rings. The Morgan fingerprint density at radius 2 is 1.95 bits per heavy atom. The van der Waals surface area contributed by atoms with Crippen molar-refractivity contribution in [2.45, 2.75) is 45.4 Å². The minimum absolute atomic E-state index is 0. The van der Waals surface area contributed by atoms with E-state index in [0.717, 1.165) is 6.42 Å². The Balaban J connectivity index is 0.00000441. The highest BCUT2D eigenvalue weighted by atomic mass is 127. The van der Waals surface area contributed by atoms with Gasteiger partial charge in [0.1, 0.15) is 0 Å². The summed E-state index contributed by atoms with van der Waals surface area (Å²) in [6.07, 6.45) is 7.32. The van der Waals surface area contributed by atoms with E-state index >= 15 is 0 Å². The van der Waals surface area contributed by atoms with Gasteiger partial charge in [0.2, 0.25) is 5.91 Å². The molecular formula is C14H28IN5O2. The van der Waals surface area contributed by atoms with E-state index in [1.165, 1.54) is 37.0 Å². The molecule has 1 saturated heterocycles. The van der Waals surface area contributed by atoms with Crippen molar-refractivity contribution >= 4 is 41.9 Å². The first kappa shape index (κ1) is 20.9. The maximum Gasteiger partial charge on any atom is 0.324 e. The van der Waals surface area contributed by atoms with Crippen LogP contribution >= 0.6 is 24.0 Å². The number of nitrogens with zero attached hydrogens (tertiary/aromatic N) is 2. The number of carbonyl (C=O) groups is 2. The second-order valence-corrected chi connectivity index (χ2v) is 5.17. The summed E-state index contributed by atoms with van der Waals surface area (Å²) in [7, 11) is 0. The number of hydrogen-bond acceptors (Lipinski definition) is 3. The van der Waals surface area contributed by atoms with Crippen LogP contribution in [0.1, 0.15) is 45.4 Å². The van der Waals surface area contributed by atoms with Crippen molar-refractivity contribution in [2.24, 2.45) is 10.7 Å². The zero-order chi connectivity index (χ0) is 15.5. The molecule has 8 heteroatoms. The lowest BCUT2D eigenvalue weighted by molar-refractivity contribution is -0.124. The molecule has 3 amide bonds. The first-order chi connectivity index (χ1) is 10.1. The second kappa shape index (κ2) is 12.5. The molecule has 1 heterocycles. The van der Waals surface area contributed by atoms with Crippen molar-refractivity contribution in [3.63, 3.8) is 0 Å². The summed E-state index contributed by atoms with van der Waals surface area (Å²) in [5.74, 6) is 0.167. The summed E-state index contributed by atoms with van der Waals surface area (Å²) in [5.41, 5.74) is 5.73. The number of guanidine groups is 1. The molecule has 0 unspecified atom stereocenters. The number of hydrogen-bond donors (Lipinski definition) is 3. The molecule has 0 spiro atoms. The van der Waals surface area contributed by atoms with E-state index in [-0.39, 0.29) is 42.5 Å². The molecule has 7 nitrogen and oxygen atoms in total. The third kappa shape index (κ3) is 8.40. The van der Waals surface area contributed by atoms with Gasteiger partial charge in [0.25, 0.3) is 0 Å². The van der Waals surface area contributed by atoms with Gasteiger partial charge < -0.3 is 16.4 Å². The Labute approximate surface area is 149 Å². The van der Waals surface area contributed by atoms with Gasteiger partial charge >= 0.3 is 6.03 Å². The van der Waals surface area contributed by atoms with Crippen LogP contribution in [0.15, 0.2) is 4.99 Å². The van der Waals surface area contributed by atoms with E-state index < -0.39 is 0 Å². The summed E-state index contributed by atoms with van der Waals surface area (Å²) >= 11 is 0. The SMILES string of the molecule is CCCCCCCCN=C(N)NCCN1C(=O)CNC1=O.I. The molecule has 0 bridgehead atoms. The summed E-state index contributed by atoms with van der Waals surface area (Å²) in [6, 6.07) is -0.343. The number of rotatable bonds is 10. The molecule has 0 aliphatic carbocycles. The van der Waals surface area contributed by atoms with E-state index in [0.29, 0.717) is 25.6 Å². The van der Waals surface area contributed by atoms with Crippen LogP contribution < -0.4 is 16.4 Å². The van der Waals surface area contributed by atoms with Gasteiger partial charge in [-0.05, 0) is 6.42 Å². The first-order valence-corrected chi connectivity index (χ1v) is 7.77. The first-order valence-electron chi connectivity index (χ1n) is 7.77. The van der Waals surface area contributed by atoms with Gasteiger partial charge in [-0.2, -0.15) is 0 Å². The standard InChI is InChI=1S/C14H27N5O2.HI/c1-2-3-4-5-6-7-8-16-13(15)17-9-10-19-12(20)11-18-14(19)21;/h2-11H2,1H3,(H,18,21)(H3,15,16,17);1H. The maximum absolute atomic E-state index is 11.3. The van der Waals surface area contributed by atoms with Crippen molar-refractivity contribution < 1.29 is 9.59 Å². The van der Waals surface area contributed by atoms with Gasteiger partial charge in [-0.3, -0.25) is 14.7 Å². The molecule has 0 atom stereocenters. The molecule has 0 saturated carbocycles. The van der Waals surface area contributed by atoms with Gasteiger partial charge in [0.05, 0.1) is 6.54 Å². The monoisotopic (exact) mass is 425 g/mol. The van der Waals surface area contributed by atoms with Gasteiger partial charge in [-0.1, -0.05) is 39.0 Å². The van der Waals surface area contributed by atoms with Crippen LogP contribution in [0.4, 0.5) is 4.79 Å². The Morgan fingerprint density at radius 1 is 1.27 bits per heavy atom. The zero-order valence-corrected chi connectivity index (χ0v) is 15.6. The quantitative estimate of drug-likeness (QED) is 0.162. The molecule has 1 aliphatic rings. The van der Waals surface area contributed by atoms with Crippen LogP contribution in [-0.2, 0) is 4.79 Å². The fraction of sp³-hybridized carbons (Fsp3) is 0.786. The van der Waals surface area contributed by atoms with Crippen LogP contribution in [0.3, 0.4) is 0 Å². The van der Waals surface area contributed by atoms with E-state index in [4.69, 9.17) is 5.73 Å². The molecule has 0 aromatic carbocycles. The zero-order valence-electron chi connectivity index (χ0n) is 13.3. The average molecular weight is 425 g/mol. The van der Waals surface area contributed by atoms with Crippen LogP contribution in [0, 0.1) is 0 Å². The molecular weight excluding hydrogens is 397 g/mol. The molecule has 1 rings (SSSR count). The molecule has 128 valence electrons. The Kier molecular flexibility index (Phi) is 11.9. The normalized spacial score (nSPS) is 14.8. The maximum atomic E-state index is 11.3. The molecule has 0 aromatic heterocycles. The predicted molar refractivity (Wildman–Crippen MR) is 98.4 cm³/mol. The lowest BCUT2D eigenvalue weighted by Crippen LogP contribution is -2.41. The third-order valence-corrected chi connectivity index (χ3v) is 3.37. The van der Waals surface area contributed by atoms with Crippen molar-refractivity contribution in [1.82, 2.24) is 15.5 Å². The fourth-order valence-corrected chi connectivity index (χ4v) is 2.12. The van der Waals surface area contributed by atoms with Crippen molar-refractivity contribution in [2.75, 3.05) is 26.2 Å². The van der Waals surface area contributed by atoms with Crippen molar-refractivity contribution in [3.05, 3.63) is 0 Å². The number of carbonyl (C=O) groups excluding carboxylic acids is 2. The van der Waals surface area contributed by atoms with Gasteiger partial charge in [0, 0.05) is 19.6 Å². The largest absolute Gasteiger partial charge is 0.370 e. The van der Waals surface area contributed by atoms with Crippen LogP contribution in [0.2, 0.25) is 0 Å². The molecule has 0 radical (unpaired) electrons. The van der Waals surface area contributed by atoms with E-state index in [2.05, 4.69) is 22.5 Å². The highest BCUT2D eigenvalue weighted by molar-refractivity contribution is 14.0. The number of halogens is 1. The number of aliphatic imine (C=N–C) groups is 1.